The van der Waals surface area contributed by atoms with Gasteiger partial charge in [0, 0.05) is 24.8 Å². The minimum atomic E-state index is -0.501. The summed E-state index contributed by atoms with van der Waals surface area (Å²) in [6, 6.07) is 1.94. The molecule has 1 aliphatic heterocycles. The summed E-state index contributed by atoms with van der Waals surface area (Å²) in [5.74, 6) is 0.913. The Morgan fingerprint density at radius 2 is 2.21 bits per heavy atom. The van der Waals surface area contributed by atoms with Crippen LogP contribution in [0.15, 0.2) is 12.4 Å². The van der Waals surface area contributed by atoms with Gasteiger partial charge in [0.25, 0.3) is 0 Å². The van der Waals surface area contributed by atoms with Crippen LogP contribution in [0.25, 0.3) is 0 Å². The van der Waals surface area contributed by atoms with E-state index in [2.05, 4.69) is 14.9 Å². The van der Waals surface area contributed by atoms with E-state index in [1.807, 2.05) is 19.9 Å². The van der Waals surface area contributed by atoms with Gasteiger partial charge in [0.15, 0.2) is 0 Å². The number of aliphatic hydroxyl groups is 1. The molecule has 1 aliphatic rings. The molecule has 76 valence electrons. The second-order valence-corrected chi connectivity index (χ2v) is 3.95. The molecule has 14 heavy (non-hydrogen) atoms. The van der Waals surface area contributed by atoms with Gasteiger partial charge in [0.1, 0.15) is 12.1 Å². The Morgan fingerprint density at radius 1 is 1.50 bits per heavy atom. The number of rotatable bonds is 2. The van der Waals surface area contributed by atoms with Crippen LogP contribution in [0.2, 0.25) is 0 Å². The van der Waals surface area contributed by atoms with Gasteiger partial charge in [0.2, 0.25) is 0 Å². The number of nitrogens with zero attached hydrogens (tertiary/aromatic N) is 3. The van der Waals surface area contributed by atoms with Crippen molar-refractivity contribution in [1.29, 1.82) is 0 Å². The van der Waals surface area contributed by atoms with Gasteiger partial charge < -0.3 is 10.0 Å². The van der Waals surface area contributed by atoms with Gasteiger partial charge in [-0.25, -0.2) is 9.97 Å². The lowest BCUT2D eigenvalue weighted by atomic mass is 9.91. The fraction of sp³-hybridized carbons (Fsp3) is 0.600. The van der Waals surface area contributed by atoms with Crippen molar-refractivity contribution < 1.29 is 5.11 Å². The quantitative estimate of drug-likeness (QED) is 0.753. The van der Waals surface area contributed by atoms with E-state index in [1.165, 1.54) is 0 Å². The maximum atomic E-state index is 9.83. The lowest BCUT2D eigenvalue weighted by Gasteiger charge is -2.46. The zero-order valence-electron chi connectivity index (χ0n) is 8.56. The van der Waals surface area contributed by atoms with Crippen molar-refractivity contribution >= 4 is 5.82 Å². The molecule has 0 aliphatic carbocycles. The molecular formula is C10H15N3O. The number of hydrogen-bond acceptors (Lipinski definition) is 4. The van der Waals surface area contributed by atoms with Crippen molar-refractivity contribution in [2.45, 2.75) is 25.9 Å². The molecule has 0 amide bonds. The van der Waals surface area contributed by atoms with Crippen LogP contribution >= 0.6 is 0 Å². The number of β-amino-alcohol motifs (C(OH)–C–C–N with tert-alkyl or cyclic N) is 1. The molecule has 0 aromatic carbocycles. The predicted molar refractivity (Wildman–Crippen MR) is 54.2 cm³/mol. The normalized spacial score (nSPS) is 19.2. The Bertz CT molecular complexity index is 334. The summed E-state index contributed by atoms with van der Waals surface area (Å²) < 4.78 is 0. The molecule has 0 spiro atoms. The molecule has 1 N–H and O–H groups in total. The smallest absolute Gasteiger partial charge is 0.132 e. The summed E-state index contributed by atoms with van der Waals surface area (Å²) in [5, 5.41) is 9.83. The number of aromatic nitrogens is 2. The van der Waals surface area contributed by atoms with E-state index in [0.717, 1.165) is 17.9 Å². The first-order valence-electron chi connectivity index (χ1n) is 4.89. The summed E-state index contributed by atoms with van der Waals surface area (Å²) in [7, 11) is 0. The highest BCUT2D eigenvalue weighted by atomic mass is 16.3. The van der Waals surface area contributed by atoms with Crippen molar-refractivity contribution in [2.75, 3.05) is 18.0 Å². The highest BCUT2D eigenvalue weighted by Crippen LogP contribution is 2.28. The Morgan fingerprint density at radius 3 is 2.79 bits per heavy atom. The third-order valence-corrected chi connectivity index (χ3v) is 2.74. The van der Waals surface area contributed by atoms with Crippen LogP contribution in [0.3, 0.4) is 0 Å². The van der Waals surface area contributed by atoms with Gasteiger partial charge >= 0.3 is 0 Å². The molecule has 1 aromatic rings. The van der Waals surface area contributed by atoms with E-state index >= 15 is 0 Å². The van der Waals surface area contributed by atoms with Gasteiger partial charge in [-0.05, 0) is 13.3 Å². The number of aryl methyl sites for hydroxylation is 1. The Labute approximate surface area is 83.6 Å². The minimum absolute atomic E-state index is 0.501. The maximum absolute atomic E-state index is 9.83. The fourth-order valence-corrected chi connectivity index (χ4v) is 1.66. The largest absolute Gasteiger partial charge is 0.386 e. The fourth-order valence-electron chi connectivity index (χ4n) is 1.66. The van der Waals surface area contributed by atoms with E-state index in [4.69, 9.17) is 0 Å². The summed E-state index contributed by atoms with van der Waals surface area (Å²) >= 11 is 0. The van der Waals surface area contributed by atoms with Crippen molar-refractivity contribution in [3.8, 4) is 0 Å². The zero-order valence-corrected chi connectivity index (χ0v) is 8.56. The highest BCUT2D eigenvalue weighted by molar-refractivity contribution is 5.43. The van der Waals surface area contributed by atoms with Crippen LogP contribution < -0.4 is 4.90 Å². The maximum Gasteiger partial charge on any atom is 0.132 e. The first kappa shape index (κ1) is 9.40. The average molecular weight is 193 g/mol. The standard InChI is InChI=1S/C10H15N3O/c1-3-10(14)5-13(6-10)9-4-8(2)11-7-12-9/h4,7,14H,3,5-6H2,1-2H3. The molecular weight excluding hydrogens is 178 g/mol. The Balaban J connectivity index is 2.06. The summed E-state index contributed by atoms with van der Waals surface area (Å²) in [6.07, 6.45) is 2.36. The molecule has 0 atom stereocenters. The van der Waals surface area contributed by atoms with Crippen LogP contribution in [0.5, 0.6) is 0 Å². The highest BCUT2D eigenvalue weighted by Gasteiger charge is 2.40. The van der Waals surface area contributed by atoms with Gasteiger partial charge in [-0.3, -0.25) is 0 Å². The summed E-state index contributed by atoms with van der Waals surface area (Å²) in [4.78, 5) is 10.3. The van der Waals surface area contributed by atoms with Crippen LogP contribution in [0, 0.1) is 6.92 Å². The Hall–Kier alpha value is -1.16. The van der Waals surface area contributed by atoms with E-state index in [1.54, 1.807) is 6.33 Å². The minimum Gasteiger partial charge on any atom is -0.386 e. The average Bonchev–Trinajstić information content (AvgIpc) is 2.13. The number of hydrogen-bond donors (Lipinski definition) is 1. The molecule has 1 fully saturated rings. The first-order valence-corrected chi connectivity index (χ1v) is 4.89. The van der Waals surface area contributed by atoms with Gasteiger partial charge in [-0.1, -0.05) is 6.92 Å². The summed E-state index contributed by atoms with van der Waals surface area (Å²) in [5.41, 5.74) is 0.459. The van der Waals surface area contributed by atoms with Crippen molar-refractivity contribution in [1.82, 2.24) is 9.97 Å². The van der Waals surface area contributed by atoms with E-state index < -0.39 is 5.60 Å². The second kappa shape index (κ2) is 3.20. The van der Waals surface area contributed by atoms with E-state index in [0.29, 0.717) is 13.1 Å². The molecule has 1 saturated heterocycles. The lowest BCUT2D eigenvalue weighted by Crippen LogP contribution is -2.61. The number of anilines is 1. The molecule has 0 radical (unpaired) electrons. The first-order chi connectivity index (χ1) is 6.63. The van der Waals surface area contributed by atoms with Gasteiger partial charge in [0.05, 0.1) is 5.60 Å². The molecule has 1 aromatic heterocycles. The SMILES string of the molecule is CCC1(O)CN(c2cc(C)ncn2)C1. The zero-order chi connectivity index (χ0) is 10.2. The van der Waals surface area contributed by atoms with Crippen LogP contribution in [0.1, 0.15) is 19.0 Å². The summed E-state index contributed by atoms with van der Waals surface area (Å²) in [6.45, 7) is 5.31. The predicted octanol–water partition coefficient (Wildman–Crippen LogP) is 0.746. The molecule has 4 heteroatoms. The van der Waals surface area contributed by atoms with Crippen LogP contribution in [-0.2, 0) is 0 Å². The third kappa shape index (κ3) is 1.57. The second-order valence-electron chi connectivity index (χ2n) is 3.95. The molecule has 0 bridgehead atoms. The third-order valence-electron chi connectivity index (χ3n) is 2.74. The molecule has 2 rings (SSSR count). The van der Waals surface area contributed by atoms with E-state index in [-0.39, 0.29) is 0 Å². The van der Waals surface area contributed by atoms with Crippen molar-refractivity contribution in [2.24, 2.45) is 0 Å². The van der Waals surface area contributed by atoms with Crippen LogP contribution in [-0.4, -0.2) is 33.8 Å². The molecule has 2 heterocycles. The van der Waals surface area contributed by atoms with Crippen molar-refractivity contribution in [3.63, 3.8) is 0 Å². The van der Waals surface area contributed by atoms with E-state index in [9.17, 15) is 5.11 Å². The monoisotopic (exact) mass is 193 g/mol. The van der Waals surface area contributed by atoms with Gasteiger partial charge in [-0.15, -0.1) is 0 Å². The van der Waals surface area contributed by atoms with Gasteiger partial charge in [-0.2, -0.15) is 0 Å². The molecule has 4 nitrogen and oxygen atoms in total. The van der Waals surface area contributed by atoms with Crippen LogP contribution in [0.4, 0.5) is 5.82 Å². The van der Waals surface area contributed by atoms with Crippen molar-refractivity contribution in [3.05, 3.63) is 18.1 Å². The Kier molecular flexibility index (Phi) is 2.15. The molecule has 0 saturated carbocycles. The topological polar surface area (TPSA) is 49.2 Å². The molecule has 0 unspecified atom stereocenters. The lowest BCUT2D eigenvalue weighted by molar-refractivity contribution is 0.00804.